The van der Waals surface area contributed by atoms with Crippen molar-refractivity contribution < 1.29 is 13.2 Å². The number of hydrogen-bond donors (Lipinski definition) is 2. The third-order valence-electron chi connectivity index (χ3n) is 3.10. The summed E-state index contributed by atoms with van der Waals surface area (Å²) >= 11 is 0. The molecule has 118 valence electrons. The molecule has 0 spiro atoms. The second-order valence-corrected chi connectivity index (χ2v) is 8.14. The van der Waals surface area contributed by atoms with Crippen molar-refractivity contribution in [2.24, 2.45) is 5.73 Å². The summed E-state index contributed by atoms with van der Waals surface area (Å²) in [6.07, 6.45) is 2.84. The largest absolute Gasteiger partial charge is 0.347 e. The molecule has 0 heterocycles. The Hall–Kier alpha value is -1.40. The molecule has 1 aromatic carbocycles. The Balaban J connectivity index is 2.71. The van der Waals surface area contributed by atoms with Gasteiger partial charge in [-0.05, 0) is 50.9 Å². The van der Waals surface area contributed by atoms with E-state index in [1.807, 2.05) is 13.8 Å². The molecule has 0 unspecified atom stereocenters. The van der Waals surface area contributed by atoms with Crippen LogP contribution in [-0.2, 0) is 15.6 Å². The van der Waals surface area contributed by atoms with Gasteiger partial charge in [0.05, 0.1) is 5.75 Å². The second-order valence-electron chi connectivity index (χ2n) is 6.00. The van der Waals surface area contributed by atoms with Gasteiger partial charge >= 0.3 is 0 Å². The Kier molecular flexibility index (Phi) is 5.92. The second kappa shape index (κ2) is 7.04. The summed E-state index contributed by atoms with van der Waals surface area (Å²) in [5.41, 5.74) is 6.36. The summed E-state index contributed by atoms with van der Waals surface area (Å²) < 4.78 is 22.4. The van der Waals surface area contributed by atoms with Crippen LogP contribution in [0.1, 0.15) is 42.6 Å². The molecule has 5 nitrogen and oxygen atoms in total. The minimum atomic E-state index is -3.06. The lowest BCUT2D eigenvalue weighted by Crippen LogP contribution is -2.43. The maximum Gasteiger partial charge on any atom is 0.251 e. The van der Waals surface area contributed by atoms with Crippen LogP contribution in [0, 0.1) is 0 Å². The molecular weight excluding hydrogens is 288 g/mol. The first kappa shape index (κ1) is 17.7. The van der Waals surface area contributed by atoms with Crippen LogP contribution in [0.15, 0.2) is 24.3 Å². The van der Waals surface area contributed by atoms with Crippen LogP contribution in [0.5, 0.6) is 0 Å². The molecule has 0 fully saturated rings. The van der Waals surface area contributed by atoms with Gasteiger partial charge in [0.1, 0.15) is 0 Å². The first-order valence-corrected chi connectivity index (χ1v) is 8.98. The van der Waals surface area contributed by atoms with Crippen LogP contribution in [-0.4, -0.2) is 32.7 Å². The SMILES string of the molecule is CC(C)(CCCN)NC(=O)c1ccc(CS(C)(=O)=O)cc1. The molecule has 3 N–H and O–H groups in total. The fourth-order valence-electron chi connectivity index (χ4n) is 2.04. The summed E-state index contributed by atoms with van der Waals surface area (Å²) in [4.78, 5) is 12.2. The van der Waals surface area contributed by atoms with Gasteiger partial charge in [0.25, 0.3) is 5.91 Å². The summed E-state index contributed by atoms with van der Waals surface area (Å²) in [6, 6.07) is 6.63. The molecule has 1 amide bonds. The molecule has 0 saturated heterocycles. The Morgan fingerprint density at radius 2 is 1.81 bits per heavy atom. The quantitative estimate of drug-likeness (QED) is 0.798. The van der Waals surface area contributed by atoms with Gasteiger partial charge in [0.2, 0.25) is 0 Å². The molecule has 1 rings (SSSR count). The molecule has 0 saturated carbocycles. The molecule has 0 aliphatic carbocycles. The summed E-state index contributed by atoms with van der Waals surface area (Å²) in [7, 11) is -3.06. The van der Waals surface area contributed by atoms with Crippen molar-refractivity contribution >= 4 is 15.7 Å². The minimum Gasteiger partial charge on any atom is -0.347 e. The van der Waals surface area contributed by atoms with Crippen LogP contribution < -0.4 is 11.1 Å². The smallest absolute Gasteiger partial charge is 0.251 e. The lowest BCUT2D eigenvalue weighted by molar-refractivity contribution is 0.0908. The van der Waals surface area contributed by atoms with E-state index in [0.717, 1.165) is 12.8 Å². The Labute approximate surface area is 126 Å². The van der Waals surface area contributed by atoms with Crippen molar-refractivity contribution in [1.29, 1.82) is 0 Å². The number of amides is 1. The van der Waals surface area contributed by atoms with Gasteiger partial charge in [0.15, 0.2) is 9.84 Å². The van der Waals surface area contributed by atoms with Gasteiger partial charge in [-0.3, -0.25) is 4.79 Å². The summed E-state index contributed by atoms with van der Waals surface area (Å²) in [5, 5.41) is 2.96. The van der Waals surface area contributed by atoms with E-state index in [0.29, 0.717) is 17.7 Å². The maximum atomic E-state index is 12.2. The first-order chi connectivity index (χ1) is 9.63. The highest BCUT2D eigenvalue weighted by Crippen LogP contribution is 2.13. The predicted octanol–water partition coefficient (Wildman–Crippen LogP) is 1.48. The van der Waals surface area contributed by atoms with Crippen molar-refractivity contribution in [2.75, 3.05) is 12.8 Å². The van der Waals surface area contributed by atoms with E-state index in [9.17, 15) is 13.2 Å². The van der Waals surface area contributed by atoms with E-state index in [1.54, 1.807) is 24.3 Å². The van der Waals surface area contributed by atoms with E-state index < -0.39 is 9.84 Å². The van der Waals surface area contributed by atoms with Crippen molar-refractivity contribution in [1.82, 2.24) is 5.32 Å². The van der Waals surface area contributed by atoms with Crippen molar-refractivity contribution in [3.05, 3.63) is 35.4 Å². The maximum absolute atomic E-state index is 12.2. The summed E-state index contributed by atoms with van der Waals surface area (Å²) in [5.74, 6) is -0.181. The molecule has 0 aliphatic heterocycles. The van der Waals surface area contributed by atoms with E-state index in [4.69, 9.17) is 5.73 Å². The lowest BCUT2D eigenvalue weighted by Gasteiger charge is -2.26. The van der Waals surface area contributed by atoms with E-state index >= 15 is 0 Å². The van der Waals surface area contributed by atoms with Gasteiger partial charge in [-0.1, -0.05) is 12.1 Å². The normalized spacial score (nSPS) is 12.2. The third-order valence-corrected chi connectivity index (χ3v) is 3.96. The van der Waals surface area contributed by atoms with Gasteiger partial charge < -0.3 is 11.1 Å². The van der Waals surface area contributed by atoms with Crippen LogP contribution in [0.2, 0.25) is 0 Å². The van der Waals surface area contributed by atoms with Crippen LogP contribution in [0.25, 0.3) is 0 Å². The number of benzene rings is 1. The number of nitrogens with one attached hydrogen (secondary N) is 1. The zero-order valence-corrected chi connectivity index (χ0v) is 13.7. The number of nitrogens with two attached hydrogens (primary N) is 1. The number of carbonyl (C=O) groups excluding carboxylic acids is 1. The molecular formula is C15H24N2O3S. The predicted molar refractivity (Wildman–Crippen MR) is 84.8 cm³/mol. The van der Waals surface area contributed by atoms with E-state index in [1.165, 1.54) is 6.26 Å². The highest BCUT2D eigenvalue weighted by molar-refractivity contribution is 7.89. The number of rotatable bonds is 7. The number of sulfone groups is 1. The molecule has 0 bridgehead atoms. The zero-order chi connectivity index (χ0) is 16.1. The van der Waals surface area contributed by atoms with Crippen LogP contribution >= 0.6 is 0 Å². The zero-order valence-electron chi connectivity index (χ0n) is 12.8. The molecule has 0 radical (unpaired) electrons. The highest BCUT2D eigenvalue weighted by Gasteiger charge is 2.20. The van der Waals surface area contributed by atoms with Crippen molar-refractivity contribution in [3.8, 4) is 0 Å². The summed E-state index contributed by atoms with van der Waals surface area (Å²) in [6.45, 7) is 4.51. The first-order valence-electron chi connectivity index (χ1n) is 6.92. The average Bonchev–Trinajstić information content (AvgIpc) is 2.35. The van der Waals surface area contributed by atoms with E-state index in [2.05, 4.69) is 5.32 Å². The fourth-order valence-corrected chi connectivity index (χ4v) is 2.84. The Morgan fingerprint density at radius 3 is 2.29 bits per heavy atom. The third kappa shape index (κ3) is 6.73. The number of hydrogen-bond acceptors (Lipinski definition) is 4. The Morgan fingerprint density at radius 1 is 1.24 bits per heavy atom. The molecule has 0 atom stereocenters. The molecule has 0 aliphatic rings. The van der Waals surface area contributed by atoms with Gasteiger partial charge in [0, 0.05) is 17.4 Å². The van der Waals surface area contributed by atoms with Gasteiger partial charge in [-0.2, -0.15) is 0 Å². The highest BCUT2D eigenvalue weighted by atomic mass is 32.2. The molecule has 6 heteroatoms. The molecule has 21 heavy (non-hydrogen) atoms. The van der Waals surface area contributed by atoms with Gasteiger partial charge in [-0.15, -0.1) is 0 Å². The fraction of sp³-hybridized carbons (Fsp3) is 0.533. The monoisotopic (exact) mass is 312 g/mol. The molecule has 1 aromatic rings. The Bertz CT molecular complexity index is 577. The van der Waals surface area contributed by atoms with Gasteiger partial charge in [-0.25, -0.2) is 8.42 Å². The standard InChI is InChI=1S/C15H24N2O3S/c1-15(2,9-4-10-16)17-14(18)13-7-5-12(6-8-13)11-21(3,19)20/h5-8H,4,9-11,16H2,1-3H3,(H,17,18). The van der Waals surface area contributed by atoms with Crippen molar-refractivity contribution in [2.45, 2.75) is 38.0 Å². The van der Waals surface area contributed by atoms with Crippen molar-refractivity contribution in [3.63, 3.8) is 0 Å². The van der Waals surface area contributed by atoms with Crippen LogP contribution in [0.3, 0.4) is 0 Å². The topological polar surface area (TPSA) is 89.3 Å². The van der Waals surface area contributed by atoms with Crippen LogP contribution in [0.4, 0.5) is 0 Å². The number of carbonyl (C=O) groups is 1. The lowest BCUT2D eigenvalue weighted by atomic mass is 9.97. The van der Waals surface area contributed by atoms with E-state index in [-0.39, 0.29) is 17.2 Å². The average molecular weight is 312 g/mol. The minimum absolute atomic E-state index is 0.0170. The molecule has 0 aromatic heterocycles.